The Labute approximate surface area is 145 Å². The second-order valence-electron chi connectivity index (χ2n) is 4.31. The zero-order valence-corrected chi connectivity index (χ0v) is 14.0. The third kappa shape index (κ3) is 4.73. The highest BCUT2D eigenvalue weighted by Crippen LogP contribution is 2.32. The van der Waals surface area contributed by atoms with Crippen LogP contribution in [0.4, 0.5) is 11.4 Å². The first kappa shape index (κ1) is 16.8. The number of nitro groups is 1. The summed E-state index contributed by atoms with van der Waals surface area (Å²) in [5.41, 5.74) is 3.13. The number of nitro benzene ring substituents is 1. The molecule has 23 heavy (non-hydrogen) atoms. The van der Waals surface area contributed by atoms with E-state index >= 15 is 0 Å². The molecule has 3 N–H and O–H groups in total. The Morgan fingerprint density at radius 2 is 2.04 bits per heavy atom. The Bertz CT molecular complexity index is 768. The number of thiocarbonyl (C=S) groups is 1. The molecule has 0 spiro atoms. The number of phenolic OH excluding ortho intramolecular Hbond substituents is 1. The average Bonchev–Trinajstić information content (AvgIpc) is 2.51. The molecule has 0 atom stereocenters. The monoisotopic (exact) mass is 394 g/mol. The molecule has 0 fully saturated rings. The van der Waals surface area contributed by atoms with Crippen LogP contribution in [0.15, 0.2) is 52.0 Å². The quantitative estimate of drug-likeness (QED) is 0.318. The maximum Gasteiger partial charge on any atom is 0.312 e. The summed E-state index contributed by atoms with van der Waals surface area (Å²) in [6, 6.07) is 12.0. The van der Waals surface area contributed by atoms with Gasteiger partial charge in [0.05, 0.1) is 11.1 Å². The van der Waals surface area contributed by atoms with E-state index < -0.39 is 16.4 Å². The number of hydrazone groups is 1. The van der Waals surface area contributed by atoms with Crippen LogP contribution in [0.3, 0.4) is 0 Å². The highest BCUT2D eigenvalue weighted by Gasteiger charge is 2.17. The molecule has 0 aliphatic carbocycles. The maximum absolute atomic E-state index is 10.8. The van der Waals surface area contributed by atoms with Crippen molar-refractivity contribution in [2.45, 2.75) is 0 Å². The molecule has 0 aliphatic rings. The number of anilines is 1. The van der Waals surface area contributed by atoms with Gasteiger partial charge in [0.15, 0.2) is 5.11 Å². The van der Waals surface area contributed by atoms with Crippen LogP contribution < -0.4 is 10.7 Å². The molecule has 0 heterocycles. The molecule has 118 valence electrons. The van der Waals surface area contributed by atoms with E-state index in [1.807, 2.05) is 30.3 Å². The fourth-order valence-electron chi connectivity index (χ4n) is 1.68. The van der Waals surface area contributed by atoms with Gasteiger partial charge < -0.3 is 10.4 Å². The van der Waals surface area contributed by atoms with Gasteiger partial charge in [-0.05, 0) is 30.4 Å². The van der Waals surface area contributed by atoms with Gasteiger partial charge in [-0.3, -0.25) is 15.5 Å². The van der Waals surface area contributed by atoms with Gasteiger partial charge in [0, 0.05) is 21.8 Å². The lowest BCUT2D eigenvalue weighted by Crippen LogP contribution is -2.23. The summed E-state index contributed by atoms with van der Waals surface area (Å²) >= 11 is 8.21. The topological polar surface area (TPSA) is 99.8 Å². The van der Waals surface area contributed by atoms with E-state index in [9.17, 15) is 15.2 Å². The Hall–Kier alpha value is -2.52. The smallest absolute Gasteiger partial charge is 0.312 e. The molecular formula is C14H11BrN4O3S. The van der Waals surface area contributed by atoms with Gasteiger partial charge in [-0.1, -0.05) is 34.1 Å². The summed E-state index contributed by atoms with van der Waals surface area (Å²) < 4.78 is 0.452. The van der Waals surface area contributed by atoms with Gasteiger partial charge in [-0.25, -0.2) is 0 Å². The van der Waals surface area contributed by atoms with Gasteiger partial charge in [0.1, 0.15) is 0 Å². The molecule has 9 heteroatoms. The number of nitrogens with one attached hydrogen (secondary N) is 2. The molecule has 2 aromatic rings. The Kier molecular flexibility index (Phi) is 5.61. The van der Waals surface area contributed by atoms with Crippen LogP contribution in [0.25, 0.3) is 0 Å². The average molecular weight is 395 g/mol. The van der Waals surface area contributed by atoms with E-state index in [-0.39, 0.29) is 10.7 Å². The first-order chi connectivity index (χ1) is 11.0. The van der Waals surface area contributed by atoms with E-state index in [0.717, 1.165) is 5.69 Å². The van der Waals surface area contributed by atoms with Crippen molar-refractivity contribution >= 4 is 50.8 Å². The number of nitrogens with zero attached hydrogens (tertiary/aromatic N) is 2. The zero-order chi connectivity index (χ0) is 16.8. The van der Waals surface area contributed by atoms with E-state index in [1.54, 1.807) is 0 Å². The minimum absolute atomic E-state index is 0.182. The highest BCUT2D eigenvalue weighted by molar-refractivity contribution is 9.10. The zero-order valence-electron chi connectivity index (χ0n) is 11.6. The van der Waals surface area contributed by atoms with Crippen LogP contribution in [-0.4, -0.2) is 21.4 Å². The largest absolute Gasteiger partial charge is 0.502 e. The second-order valence-corrected chi connectivity index (χ2v) is 5.63. The summed E-state index contributed by atoms with van der Waals surface area (Å²) in [5, 5.41) is 27.7. The summed E-state index contributed by atoms with van der Waals surface area (Å²) in [5.74, 6) is -0.467. The van der Waals surface area contributed by atoms with Crippen LogP contribution in [0, 0.1) is 10.1 Å². The van der Waals surface area contributed by atoms with Crippen LogP contribution in [0.1, 0.15) is 5.56 Å². The van der Waals surface area contributed by atoms with Crippen molar-refractivity contribution in [1.82, 2.24) is 5.43 Å². The SMILES string of the molecule is O=[N+]([O-])c1cc(Br)cc(C=NNC(=S)Nc2ccccc2)c1O. The lowest BCUT2D eigenvalue weighted by Gasteiger charge is -2.06. The van der Waals surface area contributed by atoms with Gasteiger partial charge in [-0.15, -0.1) is 0 Å². The molecule has 0 bridgehead atoms. The number of hydrogen-bond acceptors (Lipinski definition) is 5. The van der Waals surface area contributed by atoms with Crippen LogP contribution in [0.5, 0.6) is 5.75 Å². The predicted octanol–water partition coefficient (Wildman–Crippen LogP) is 3.38. The van der Waals surface area contributed by atoms with Crippen molar-refractivity contribution in [3.8, 4) is 5.75 Å². The van der Waals surface area contributed by atoms with Gasteiger partial charge in [-0.2, -0.15) is 5.10 Å². The Morgan fingerprint density at radius 1 is 1.35 bits per heavy atom. The van der Waals surface area contributed by atoms with Crippen molar-refractivity contribution < 1.29 is 10.0 Å². The van der Waals surface area contributed by atoms with E-state index in [1.165, 1.54) is 18.3 Å². The molecular weight excluding hydrogens is 384 g/mol. The number of para-hydroxylation sites is 1. The summed E-state index contributed by atoms with van der Waals surface area (Å²) in [6.45, 7) is 0. The Morgan fingerprint density at radius 3 is 2.70 bits per heavy atom. The predicted molar refractivity (Wildman–Crippen MR) is 95.9 cm³/mol. The summed E-state index contributed by atoms with van der Waals surface area (Å²) in [7, 11) is 0. The number of phenols is 1. The lowest BCUT2D eigenvalue weighted by molar-refractivity contribution is -0.385. The van der Waals surface area contributed by atoms with Crippen LogP contribution >= 0.6 is 28.1 Å². The normalized spacial score (nSPS) is 10.5. The number of aromatic hydroxyl groups is 1. The van der Waals surface area contributed by atoms with Crippen LogP contribution in [-0.2, 0) is 0 Å². The molecule has 0 aliphatic heterocycles. The standard InChI is InChI=1S/C14H11BrN4O3S/c15-10-6-9(13(20)12(7-10)19(21)22)8-16-18-14(23)17-11-4-2-1-3-5-11/h1-8,20H,(H2,17,18,23). The van der Waals surface area contributed by atoms with Crippen LogP contribution in [0.2, 0.25) is 0 Å². The van der Waals surface area contributed by atoms with Crippen molar-refractivity contribution in [2.75, 3.05) is 5.32 Å². The second kappa shape index (κ2) is 7.65. The fourth-order valence-corrected chi connectivity index (χ4v) is 2.32. The molecule has 0 saturated carbocycles. The highest BCUT2D eigenvalue weighted by atomic mass is 79.9. The number of rotatable bonds is 4. The summed E-state index contributed by atoms with van der Waals surface area (Å²) in [6.07, 6.45) is 1.24. The molecule has 2 aromatic carbocycles. The summed E-state index contributed by atoms with van der Waals surface area (Å²) in [4.78, 5) is 10.2. The van der Waals surface area contributed by atoms with E-state index in [2.05, 4.69) is 31.8 Å². The fraction of sp³-hybridized carbons (Fsp3) is 0. The number of hydrogen-bond donors (Lipinski definition) is 3. The molecule has 0 unspecified atom stereocenters. The van der Waals surface area contributed by atoms with Crippen molar-refractivity contribution in [3.05, 3.63) is 62.6 Å². The molecule has 0 aromatic heterocycles. The first-order valence-corrected chi connectivity index (χ1v) is 7.49. The van der Waals surface area contributed by atoms with Gasteiger partial charge in [0.2, 0.25) is 5.75 Å². The van der Waals surface area contributed by atoms with Gasteiger partial charge >= 0.3 is 5.69 Å². The van der Waals surface area contributed by atoms with Crippen molar-refractivity contribution in [2.24, 2.45) is 5.10 Å². The van der Waals surface area contributed by atoms with Crippen molar-refractivity contribution in [3.63, 3.8) is 0 Å². The molecule has 0 radical (unpaired) electrons. The minimum atomic E-state index is -0.674. The molecule has 2 rings (SSSR count). The third-order valence-electron chi connectivity index (χ3n) is 2.68. The Balaban J connectivity index is 2.06. The minimum Gasteiger partial charge on any atom is -0.502 e. The van der Waals surface area contributed by atoms with Crippen molar-refractivity contribution in [1.29, 1.82) is 0 Å². The number of benzene rings is 2. The number of halogens is 1. The molecule has 7 nitrogen and oxygen atoms in total. The first-order valence-electron chi connectivity index (χ1n) is 6.29. The van der Waals surface area contributed by atoms with Gasteiger partial charge in [0.25, 0.3) is 0 Å². The lowest BCUT2D eigenvalue weighted by atomic mass is 10.2. The van der Waals surface area contributed by atoms with E-state index in [4.69, 9.17) is 12.2 Å². The third-order valence-corrected chi connectivity index (χ3v) is 3.33. The molecule has 0 amide bonds. The maximum atomic E-state index is 10.8. The molecule has 0 saturated heterocycles. The van der Waals surface area contributed by atoms with E-state index in [0.29, 0.717) is 4.47 Å².